The summed E-state index contributed by atoms with van der Waals surface area (Å²) in [6, 6.07) is 10.5. The van der Waals surface area contributed by atoms with Crippen LogP contribution in [0.15, 0.2) is 67.3 Å². The second-order valence-electron chi connectivity index (χ2n) is 9.76. The van der Waals surface area contributed by atoms with Gasteiger partial charge in [0.2, 0.25) is 0 Å². The Morgan fingerprint density at radius 1 is 0.900 bits per heavy atom. The number of fused-ring (bicyclic) bond motifs is 1. The van der Waals surface area contributed by atoms with Gasteiger partial charge in [-0.2, -0.15) is 0 Å². The number of carbonyl (C=O) groups is 1. The normalized spacial score (nSPS) is 17.1. The van der Waals surface area contributed by atoms with Gasteiger partial charge in [0, 0.05) is 35.4 Å². The first-order valence-electron chi connectivity index (χ1n) is 12.9. The Balaban J connectivity index is 1.14. The molecule has 1 aliphatic rings. The third kappa shape index (κ3) is 5.35. The maximum atomic E-state index is 14.7. The lowest BCUT2D eigenvalue weighted by molar-refractivity contribution is 0.0921. The van der Waals surface area contributed by atoms with E-state index in [4.69, 9.17) is 0 Å². The van der Waals surface area contributed by atoms with Crippen molar-refractivity contribution in [3.8, 4) is 22.5 Å². The van der Waals surface area contributed by atoms with Crippen molar-refractivity contribution in [3.05, 3.63) is 90.4 Å². The number of nitrogens with zero attached hydrogens (tertiary/aromatic N) is 4. The maximum Gasteiger partial charge on any atom is 0.270 e. The SMILES string of the molecule is O=C(N[C@@H]1CCC[C@H](Nc2nc(-c3c[nH]c4ncc(F)cc34)ncc2F)C1)c1cc(-c2ccc(F)cc2)ccn1. The van der Waals surface area contributed by atoms with Crippen LogP contribution in [0.25, 0.3) is 33.5 Å². The number of carbonyl (C=O) groups excluding carboxylic acids is 1. The molecule has 1 saturated carbocycles. The van der Waals surface area contributed by atoms with Gasteiger partial charge in [-0.25, -0.2) is 28.1 Å². The van der Waals surface area contributed by atoms with Crippen molar-refractivity contribution in [2.24, 2.45) is 0 Å². The van der Waals surface area contributed by atoms with Crippen LogP contribution in [0.5, 0.6) is 0 Å². The standard InChI is InChI=1S/C29H24F3N7O/c30-18-6-4-16(5-7-18)17-8-9-33-25(10-17)29(40)38-21-3-1-2-20(12-21)37-28-24(32)15-36-27(39-28)23-14-35-26-22(23)11-19(31)13-34-26/h4-11,13-15,20-21H,1-3,12H2,(H,34,35)(H,38,40)(H,36,37,39)/t20-,21+/m0/s1. The number of pyridine rings is 2. The Morgan fingerprint density at radius 2 is 1.73 bits per heavy atom. The first-order chi connectivity index (χ1) is 19.4. The van der Waals surface area contributed by atoms with Crippen LogP contribution in [0.1, 0.15) is 36.2 Å². The van der Waals surface area contributed by atoms with Crippen molar-refractivity contribution in [2.45, 2.75) is 37.8 Å². The van der Waals surface area contributed by atoms with Crippen molar-refractivity contribution in [3.63, 3.8) is 0 Å². The average molecular weight is 544 g/mol. The molecule has 0 saturated heterocycles. The van der Waals surface area contributed by atoms with Gasteiger partial charge in [-0.15, -0.1) is 0 Å². The highest BCUT2D eigenvalue weighted by Gasteiger charge is 2.25. The molecule has 3 N–H and O–H groups in total. The average Bonchev–Trinajstić information content (AvgIpc) is 3.38. The van der Waals surface area contributed by atoms with Crippen LogP contribution >= 0.6 is 0 Å². The summed E-state index contributed by atoms with van der Waals surface area (Å²) in [5, 5.41) is 6.70. The minimum Gasteiger partial charge on any atom is -0.365 e. The number of aromatic nitrogens is 5. The molecule has 8 nitrogen and oxygen atoms in total. The Kier molecular flexibility index (Phi) is 6.85. The first-order valence-corrected chi connectivity index (χ1v) is 12.9. The molecule has 40 heavy (non-hydrogen) atoms. The summed E-state index contributed by atoms with van der Waals surface area (Å²) in [7, 11) is 0. The van der Waals surface area contributed by atoms with E-state index in [-0.39, 0.29) is 41.1 Å². The van der Waals surface area contributed by atoms with Crippen LogP contribution in [-0.4, -0.2) is 42.9 Å². The number of nitrogens with one attached hydrogen (secondary N) is 3. The highest BCUT2D eigenvalue weighted by Crippen LogP contribution is 2.28. The third-order valence-corrected chi connectivity index (χ3v) is 7.00. The van der Waals surface area contributed by atoms with Crippen LogP contribution in [0, 0.1) is 17.5 Å². The smallest absolute Gasteiger partial charge is 0.270 e. The Morgan fingerprint density at radius 3 is 2.58 bits per heavy atom. The molecule has 0 bridgehead atoms. The molecular formula is C29H24F3N7O. The van der Waals surface area contributed by atoms with Crippen molar-refractivity contribution < 1.29 is 18.0 Å². The zero-order valence-electron chi connectivity index (χ0n) is 21.2. The van der Waals surface area contributed by atoms with Crippen molar-refractivity contribution >= 4 is 22.8 Å². The van der Waals surface area contributed by atoms with Crippen molar-refractivity contribution in [2.75, 3.05) is 5.32 Å². The molecule has 1 aliphatic carbocycles. The minimum absolute atomic E-state index is 0.0364. The molecule has 1 amide bonds. The molecule has 202 valence electrons. The summed E-state index contributed by atoms with van der Waals surface area (Å²) in [6.45, 7) is 0. The van der Waals surface area contributed by atoms with E-state index in [1.165, 1.54) is 18.2 Å². The second kappa shape index (κ2) is 10.8. The van der Waals surface area contributed by atoms with Gasteiger partial charge in [0.25, 0.3) is 5.91 Å². The molecule has 0 aliphatic heterocycles. The summed E-state index contributed by atoms with van der Waals surface area (Å²) < 4.78 is 41.8. The number of rotatable bonds is 6. The molecule has 0 radical (unpaired) electrons. The van der Waals surface area contributed by atoms with Gasteiger partial charge in [-0.05, 0) is 67.1 Å². The van der Waals surface area contributed by atoms with Crippen LogP contribution in [0.3, 0.4) is 0 Å². The second-order valence-corrected chi connectivity index (χ2v) is 9.76. The van der Waals surface area contributed by atoms with Gasteiger partial charge in [0.15, 0.2) is 17.5 Å². The van der Waals surface area contributed by atoms with Crippen molar-refractivity contribution in [1.29, 1.82) is 0 Å². The van der Waals surface area contributed by atoms with E-state index in [9.17, 15) is 18.0 Å². The Bertz CT molecular complexity index is 1690. The highest BCUT2D eigenvalue weighted by atomic mass is 19.1. The molecule has 1 aromatic carbocycles. The van der Waals surface area contributed by atoms with E-state index >= 15 is 0 Å². The number of benzene rings is 1. The molecule has 11 heteroatoms. The molecule has 0 spiro atoms. The lowest BCUT2D eigenvalue weighted by Gasteiger charge is -2.30. The number of halogens is 3. The largest absolute Gasteiger partial charge is 0.365 e. The van der Waals surface area contributed by atoms with Crippen molar-refractivity contribution in [1.82, 2.24) is 30.2 Å². The summed E-state index contributed by atoms with van der Waals surface area (Å²) in [4.78, 5) is 32.6. The van der Waals surface area contributed by atoms with Crippen LogP contribution in [0.4, 0.5) is 19.0 Å². The lowest BCUT2D eigenvalue weighted by atomic mass is 9.90. The van der Waals surface area contributed by atoms with Gasteiger partial charge in [-0.3, -0.25) is 9.78 Å². The zero-order chi connectivity index (χ0) is 27.6. The number of hydrogen-bond donors (Lipinski definition) is 3. The van der Waals surface area contributed by atoms with Crippen LogP contribution in [-0.2, 0) is 0 Å². The fourth-order valence-electron chi connectivity index (χ4n) is 5.04. The van der Waals surface area contributed by atoms with Gasteiger partial charge in [-0.1, -0.05) is 12.1 Å². The topological polar surface area (TPSA) is 108 Å². The summed E-state index contributed by atoms with van der Waals surface area (Å²) in [5.74, 6) is -1.49. The van der Waals surface area contributed by atoms with Crippen LogP contribution in [0.2, 0.25) is 0 Å². The van der Waals surface area contributed by atoms with E-state index < -0.39 is 11.6 Å². The minimum atomic E-state index is -0.610. The van der Waals surface area contributed by atoms with Gasteiger partial charge >= 0.3 is 0 Å². The molecule has 4 heterocycles. The molecule has 2 atom stereocenters. The Hall–Kier alpha value is -4.80. The number of hydrogen-bond acceptors (Lipinski definition) is 6. The summed E-state index contributed by atoms with van der Waals surface area (Å²) >= 11 is 0. The summed E-state index contributed by atoms with van der Waals surface area (Å²) in [5.41, 5.74) is 2.77. The lowest BCUT2D eigenvalue weighted by Crippen LogP contribution is -2.42. The molecule has 6 rings (SSSR count). The number of anilines is 1. The van der Waals surface area contributed by atoms with E-state index in [0.29, 0.717) is 23.0 Å². The van der Waals surface area contributed by atoms with Crippen LogP contribution < -0.4 is 10.6 Å². The van der Waals surface area contributed by atoms with E-state index in [1.54, 1.807) is 36.7 Å². The van der Waals surface area contributed by atoms with E-state index in [1.807, 2.05) is 0 Å². The zero-order valence-corrected chi connectivity index (χ0v) is 21.2. The molecule has 5 aromatic rings. The quantitative estimate of drug-likeness (QED) is 0.255. The van der Waals surface area contributed by atoms with E-state index in [0.717, 1.165) is 42.8 Å². The maximum absolute atomic E-state index is 14.7. The predicted molar refractivity (Wildman–Crippen MR) is 144 cm³/mol. The van der Waals surface area contributed by atoms with Gasteiger partial charge in [0.05, 0.1) is 12.4 Å². The third-order valence-electron chi connectivity index (χ3n) is 7.00. The number of aromatic amines is 1. The first kappa shape index (κ1) is 25.5. The molecule has 4 aromatic heterocycles. The van der Waals surface area contributed by atoms with E-state index in [2.05, 4.69) is 35.6 Å². The molecule has 0 unspecified atom stereocenters. The molecule has 1 fully saturated rings. The number of H-pyrrole nitrogens is 1. The fraction of sp³-hybridized carbons (Fsp3) is 0.207. The monoisotopic (exact) mass is 543 g/mol. The predicted octanol–water partition coefficient (Wildman–Crippen LogP) is 5.65. The fourth-order valence-corrected chi connectivity index (χ4v) is 5.04. The van der Waals surface area contributed by atoms with Gasteiger partial charge < -0.3 is 15.6 Å². The highest BCUT2D eigenvalue weighted by molar-refractivity contribution is 5.94. The molecular weight excluding hydrogens is 519 g/mol. The summed E-state index contributed by atoms with van der Waals surface area (Å²) in [6.07, 6.45) is 8.27. The Labute approximate surface area is 227 Å². The van der Waals surface area contributed by atoms with Gasteiger partial charge in [0.1, 0.15) is 23.0 Å². The number of amides is 1.